The molecule has 6 aromatic carbocycles. The maximum Gasteiger partial charge on any atom is 0.0713 e. The van der Waals surface area contributed by atoms with Gasteiger partial charge in [-0.25, -0.2) is 0 Å². The van der Waals surface area contributed by atoms with Crippen LogP contribution in [0.5, 0.6) is 0 Å². The van der Waals surface area contributed by atoms with Gasteiger partial charge in [0.2, 0.25) is 0 Å². The lowest BCUT2D eigenvalue weighted by molar-refractivity contribution is 0.590. The summed E-state index contributed by atoms with van der Waals surface area (Å²) >= 11 is 0. The van der Waals surface area contributed by atoms with Gasteiger partial charge in [0.05, 0.1) is 5.41 Å². The molecule has 0 bridgehead atoms. The van der Waals surface area contributed by atoms with E-state index in [1.165, 1.54) is 77.9 Å². The van der Waals surface area contributed by atoms with Crippen LogP contribution < -0.4 is 0 Å². The molecule has 7 rings (SSSR count). The average Bonchev–Trinajstić information content (AvgIpc) is 3.33. The highest BCUT2D eigenvalue weighted by molar-refractivity contribution is 5.87. The highest BCUT2D eigenvalue weighted by Gasteiger charge is 2.46. The Hall–Kier alpha value is -4.68. The molecule has 0 heterocycles. The van der Waals surface area contributed by atoms with Crippen LogP contribution in [0.25, 0.3) is 33.4 Å². The van der Waals surface area contributed by atoms with E-state index in [9.17, 15) is 0 Å². The molecule has 1 aliphatic rings. The highest BCUT2D eigenvalue weighted by atomic mass is 14.5. The first-order chi connectivity index (χ1) is 22.4. The monoisotopic (exact) mass is 610 g/mol. The van der Waals surface area contributed by atoms with E-state index in [1.807, 2.05) is 0 Å². The second-order valence-electron chi connectivity index (χ2n) is 15.7. The quantitative estimate of drug-likeness (QED) is 0.186. The predicted molar refractivity (Wildman–Crippen MR) is 201 cm³/mol. The molecule has 0 radical (unpaired) electrons. The lowest BCUT2D eigenvalue weighted by Crippen LogP contribution is -2.28. The molecule has 0 atom stereocenters. The Labute approximate surface area is 282 Å². The first-order valence-electron chi connectivity index (χ1n) is 17.0. The van der Waals surface area contributed by atoms with Gasteiger partial charge in [0.1, 0.15) is 0 Å². The molecule has 0 aliphatic heterocycles. The van der Waals surface area contributed by atoms with E-state index in [4.69, 9.17) is 0 Å². The van der Waals surface area contributed by atoms with Gasteiger partial charge in [-0.2, -0.15) is 0 Å². The van der Waals surface area contributed by atoms with Gasteiger partial charge in [-0.3, -0.25) is 0 Å². The SMILES string of the molecule is Cc1ccc2c(c1)C(c1ccc(-c3ccc(C(C)(C)C)cc3)cc1)(c1ccc(-c3ccc(C(C)(C)C)cc3)cc1)c1cc(C)ccc1-2. The Morgan fingerprint density at radius 2 is 0.660 bits per heavy atom. The molecule has 234 valence electrons. The molecule has 0 fully saturated rings. The summed E-state index contributed by atoms with van der Waals surface area (Å²) in [5, 5.41) is 0. The van der Waals surface area contributed by atoms with Crippen LogP contribution in [0.2, 0.25) is 0 Å². The molecular formula is C47H46. The zero-order chi connectivity index (χ0) is 33.1. The zero-order valence-corrected chi connectivity index (χ0v) is 29.2. The zero-order valence-electron chi connectivity index (χ0n) is 29.2. The van der Waals surface area contributed by atoms with Crippen LogP contribution in [0.4, 0.5) is 0 Å². The number of hydrogen-bond donors (Lipinski definition) is 0. The van der Waals surface area contributed by atoms with Crippen molar-refractivity contribution in [3.05, 3.63) is 178 Å². The summed E-state index contributed by atoms with van der Waals surface area (Å²) in [4.78, 5) is 0. The van der Waals surface area contributed by atoms with Crippen molar-refractivity contribution in [2.45, 2.75) is 71.6 Å². The van der Waals surface area contributed by atoms with E-state index in [-0.39, 0.29) is 10.8 Å². The summed E-state index contributed by atoms with van der Waals surface area (Å²) < 4.78 is 0. The lowest BCUT2D eigenvalue weighted by atomic mass is 9.67. The minimum atomic E-state index is -0.425. The van der Waals surface area contributed by atoms with Crippen LogP contribution in [-0.2, 0) is 16.2 Å². The number of benzene rings is 6. The molecule has 0 nitrogen and oxygen atoms in total. The van der Waals surface area contributed by atoms with Crippen LogP contribution in [0.15, 0.2) is 133 Å². The molecular weight excluding hydrogens is 565 g/mol. The van der Waals surface area contributed by atoms with Crippen LogP contribution in [0.3, 0.4) is 0 Å². The summed E-state index contributed by atoms with van der Waals surface area (Å²) in [5.74, 6) is 0. The van der Waals surface area contributed by atoms with Gasteiger partial charge in [0.25, 0.3) is 0 Å². The maximum atomic E-state index is 2.42. The third-order valence-corrected chi connectivity index (χ3v) is 10.3. The molecule has 0 saturated carbocycles. The van der Waals surface area contributed by atoms with E-state index in [0.717, 1.165) is 0 Å². The number of hydrogen-bond acceptors (Lipinski definition) is 0. The normalized spacial score (nSPS) is 13.7. The Kier molecular flexibility index (Phi) is 7.40. The van der Waals surface area contributed by atoms with E-state index in [2.05, 4.69) is 189 Å². The van der Waals surface area contributed by atoms with Crippen LogP contribution in [-0.4, -0.2) is 0 Å². The largest absolute Gasteiger partial charge is 0.0713 e. The highest BCUT2D eigenvalue weighted by Crippen LogP contribution is 2.56. The smallest absolute Gasteiger partial charge is 0.0587 e. The molecule has 1 aliphatic carbocycles. The fourth-order valence-corrected chi connectivity index (χ4v) is 7.49. The molecule has 47 heavy (non-hydrogen) atoms. The molecule has 6 aromatic rings. The minimum Gasteiger partial charge on any atom is -0.0587 e. The summed E-state index contributed by atoms with van der Waals surface area (Å²) in [5.41, 5.74) is 18.1. The van der Waals surface area contributed by atoms with Crippen molar-refractivity contribution in [3.63, 3.8) is 0 Å². The van der Waals surface area contributed by atoms with Crippen LogP contribution in [0, 0.1) is 13.8 Å². The Balaban J connectivity index is 1.39. The van der Waals surface area contributed by atoms with Gasteiger partial charge in [-0.05, 0) is 91.4 Å². The second-order valence-corrected chi connectivity index (χ2v) is 15.7. The van der Waals surface area contributed by atoms with Gasteiger partial charge in [-0.15, -0.1) is 0 Å². The minimum absolute atomic E-state index is 0.139. The van der Waals surface area contributed by atoms with Crippen molar-refractivity contribution >= 4 is 0 Å². The number of fused-ring (bicyclic) bond motifs is 3. The summed E-state index contributed by atoms with van der Waals surface area (Å²) in [6, 6.07) is 50.9. The molecule has 0 spiro atoms. The summed E-state index contributed by atoms with van der Waals surface area (Å²) in [6.07, 6.45) is 0. The fourth-order valence-electron chi connectivity index (χ4n) is 7.49. The first-order valence-corrected chi connectivity index (χ1v) is 17.0. The van der Waals surface area contributed by atoms with Gasteiger partial charge in [-0.1, -0.05) is 186 Å². The van der Waals surface area contributed by atoms with E-state index >= 15 is 0 Å². The average molecular weight is 611 g/mol. The molecule has 0 heteroatoms. The summed E-state index contributed by atoms with van der Waals surface area (Å²) in [7, 11) is 0. The molecule has 0 N–H and O–H groups in total. The first kappa shape index (κ1) is 30.9. The van der Waals surface area contributed by atoms with Crippen molar-refractivity contribution in [1.29, 1.82) is 0 Å². The van der Waals surface area contributed by atoms with Gasteiger partial charge < -0.3 is 0 Å². The topological polar surface area (TPSA) is 0 Å². The van der Waals surface area contributed by atoms with Crippen molar-refractivity contribution in [2.24, 2.45) is 0 Å². The summed E-state index contributed by atoms with van der Waals surface area (Å²) in [6.45, 7) is 18.1. The predicted octanol–water partition coefficient (Wildman–Crippen LogP) is 12.6. The Morgan fingerprint density at radius 3 is 0.957 bits per heavy atom. The Morgan fingerprint density at radius 1 is 0.362 bits per heavy atom. The van der Waals surface area contributed by atoms with E-state index < -0.39 is 5.41 Å². The molecule has 0 amide bonds. The van der Waals surface area contributed by atoms with Crippen molar-refractivity contribution < 1.29 is 0 Å². The van der Waals surface area contributed by atoms with Gasteiger partial charge in [0.15, 0.2) is 0 Å². The maximum absolute atomic E-state index is 2.42. The van der Waals surface area contributed by atoms with Crippen LogP contribution >= 0.6 is 0 Å². The van der Waals surface area contributed by atoms with E-state index in [1.54, 1.807) is 0 Å². The van der Waals surface area contributed by atoms with Gasteiger partial charge >= 0.3 is 0 Å². The van der Waals surface area contributed by atoms with Gasteiger partial charge in [0, 0.05) is 0 Å². The lowest BCUT2D eigenvalue weighted by Gasteiger charge is -2.34. The third-order valence-electron chi connectivity index (χ3n) is 10.3. The Bertz CT molecular complexity index is 1900. The standard InChI is InChI=1S/C47H46/c1-31-9-27-41-42-28-10-32(2)30-44(42)47(43(41)29-31,39-23-15-35(16-24-39)33-11-19-37(20-12-33)45(3,4)5)40-25-17-36(18-26-40)34-13-21-38(22-14-34)46(6,7)8/h9-30H,1-8H3. The van der Waals surface area contributed by atoms with Crippen LogP contribution in [0.1, 0.15) is 86.1 Å². The number of rotatable bonds is 4. The fraction of sp³-hybridized carbons (Fsp3) is 0.234. The van der Waals surface area contributed by atoms with E-state index in [0.29, 0.717) is 0 Å². The van der Waals surface area contributed by atoms with Crippen molar-refractivity contribution in [3.8, 4) is 33.4 Å². The molecule has 0 aromatic heterocycles. The molecule has 0 unspecified atom stereocenters. The second kappa shape index (κ2) is 11.2. The van der Waals surface area contributed by atoms with Crippen molar-refractivity contribution in [2.75, 3.05) is 0 Å². The van der Waals surface area contributed by atoms with Crippen molar-refractivity contribution in [1.82, 2.24) is 0 Å². The third kappa shape index (κ3) is 5.35. The number of aryl methyl sites for hydroxylation is 2. The molecule has 0 saturated heterocycles.